The predicted molar refractivity (Wildman–Crippen MR) is 85.6 cm³/mol. The summed E-state index contributed by atoms with van der Waals surface area (Å²) in [6, 6.07) is 5.02. The van der Waals surface area contributed by atoms with Gasteiger partial charge in [0, 0.05) is 25.7 Å². The minimum atomic E-state index is -0.376. The van der Waals surface area contributed by atoms with Crippen LogP contribution in [0.15, 0.2) is 18.2 Å². The lowest BCUT2D eigenvalue weighted by Crippen LogP contribution is -2.42. The highest BCUT2D eigenvalue weighted by molar-refractivity contribution is 5.84. The summed E-state index contributed by atoms with van der Waals surface area (Å²) in [5.74, 6) is 1.28. The van der Waals surface area contributed by atoms with Crippen LogP contribution in [0.4, 0.5) is 4.79 Å². The Morgan fingerprint density at radius 1 is 1.04 bits per heavy atom. The molecule has 7 heteroatoms. The van der Waals surface area contributed by atoms with Gasteiger partial charge in [0.1, 0.15) is 11.5 Å². The Hall–Kier alpha value is -2.44. The van der Waals surface area contributed by atoms with E-state index in [0.717, 1.165) is 31.5 Å². The lowest BCUT2D eigenvalue weighted by atomic mass is 10.2. The molecule has 0 atom stereocenters. The van der Waals surface area contributed by atoms with Crippen molar-refractivity contribution in [1.82, 2.24) is 15.5 Å². The summed E-state index contributed by atoms with van der Waals surface area (Å²) in [7, 11) is 3.14. The maximum Gasteiger partial charge on any atom is 0.315 e. The molecule has 0 aromatic heterocycles. The Kier molecular flexibility index (Phi) is 6.08. The zero-order chi connectivity index (χ0) is 16.7. The zero-order valence-corrected chi connectivity index (χ0v) is 13.6. The van der Waals surface area contributed by atoms with Crippen LogP contribution in [0.2, 0.25) is 0 Å². The van der Waals surface area contributed by atoms with E-state index < -0.39 is 0 Å². The van der Waals surface area contributed by atoms with E-state index in [1.807, 2.05) is 12.1 Å². The fourth-order valence-corrected chi connectivity index (χ4v) is 2.45. The molecule has 0 bridgehead atoms. The summed E-state index contributed by atoms with van der Waals surface area (Å²) in [5.41, 5.74) is 0.849. The predicted octanol–water partition coefficient (Wildman–Crippen LogP) is 1.13. The largest absolute Gasteiger partial charge is 0.497 e. The molecule has 7 nitrogen and oxygen atoms in total. The Morgan fingerprint density at radius 2 is 1.65 bits per heavy atom. The maximum absolute atomic E-state index is 11.8. The topological polar surface area (TPSA) is 79.9 Å². The first-order chi connectivity index (χ1) is 11.1. The minimum Gasteiger partial charge on any atom is -0.497 e. The number of nitrogens with one attached hydrogen (secondary N) is 2. The second-order valence-electron chi connectivity index (χ2n) is 5.35. The van der Waals surface area contributed by atoms with Crippen molar-refractivity contribution in [3.63, 3.8) is 0 Å². The summed E-state index contributed by atoms with van der Waals surface area (Å²) in [4.78, 5) is 25.4. The van der Waals surface area contributed by atoms with E-state index >= 15 is 0 Å². The molecular weight excluding hydrogens is 298 g/mol. The normalized spacial score (nSPS) is 13.6. The number of benzene rings is 1. The van der Waals surface area contributed by atoms with Gasteiger partial charge in [-0.2, -0.15) is 0 Å². The number of hydrogen-bond acceptors (Lipinski definition) is 4. The molecule has 1 aromatic carbocycles. The van der Waals surface area contributed by atoms with E-state index in [1.54, 1.807) is 25.2 Å². The van der Waals surface area contributed by atoms with Crippen LogP contribution in [-0.4, -0.2) is 50.7 Å². The van der Waals surface area contributed by atoms with Crippen molar-refractivity contribution in [2.45, 2.75) is 19.4 Å². The van der Waals surface area contributed by atoms with Gasteiger partial charge in [0.05, 0.1) is 20.8 Å². The van der Waals surface area contributed by atoms with Gasteiger partial charge in [0.15, 0.2) is 0 Å². The summed E-state index contributed by atoms with van der Waals surface area (Å²) in [6.07, 6.45) is 2.07. The highest BCUT2D eigenvalue weighted by Gasteiger charge is 2.17. The fraction of sp³-hybridized carbons (Fsp3) is 0.500. The number of hydrogen-bond donors (Lipinski definition) is 2. The molecule has 1 aromatic rings. The Balaban J connectivity index is 1.78. The molecular formula is C16H23N3O4. The lowest BCUT2D eigenvalue weighted by molar-refractivity contribution is -0.128. The van der Waals surface area contributed by atoms with Crippen LogP contribution >= 0.6 is 0 Å². The van der Waals surface area contributed by atoms with Gasteiger partial charge in [-0.05, 0) is 30.5 Å². The van der Waals surface area contributed by atoms with E-state index in [9.17, 15) is 9.59 Å². The first kappa shape index (κ1) is 16.9. The molecule has 1 aliphatic rings. The molecule has 0 aliphatic carbocycles. The second kappa shape index (κ2) is 8.26. The molecule has 1 heterocycles. The number of carbonyl (C=O) groups is 2. The van der Waals surface area contributed by atoms with Gasteiger partial charge in [0.25, 0.3) is 0 Å². The highest BCUT2D eigenvalue weighted by Crippen LogP contribution is 2.22. The third kappa shape index (κ3) is 5.05. The molecule has 0 spiro atoms. The summed E-state index contributed by atoms with van der Waals surface area (Å²) in [5, 5.41) is 5.30. The summed E-state index contributed by atoms with van der Waals surface area (Å²) >= 11 is 0. The fourth-order valence-electron chi connectivity index (χ4n) is 2.45. The Labute approximate surface area is 135 Å². The standard InChI is InChI=1S/C16H23N3O4/c1-22-13-7-12(8-14(9-13)23-2)10-17-16(21)18-11-15(20)19-5-3-4-6-19/h7-9H,3-6,10-11H2,1-2H3,(H2,17,18,21). The van der Waals surface area contributed by atoms with E-state index in [0.29, 0.717) is 18.0 Å². The minimum absolute atomic E-state index is 0.0211. The van der Waals surface area contributed by atoms with E-state index in [2.05, 4.69) is 10.6 Å². The van der Waals surface area contributed by atoms with Gasteiger partial charge in [0.2, 0.25) is 5.91 Å². The molecule has 0 saturated carbocycles. The van der Waals surface area contributed by atoms with E-state index in [-0.39, 0.29) is 18.5 Å². The third-order valence-electron chi connectivity index (χ3n) is 3.72. The van der Waals surface area contributed by atoms with Crippen molar-refractivity contribution in [3.05, 3.63) is 23.8 Å². The summed E-state index contributed by atoms with van der Waals surface area (Å²) in [6.45, 7) is 1.90. The van der Waals surface area contributed by atoms with Crippen molar-refractivity contribution in [2.24, 2.45) is 0 Å². The molecule has 0 unspecified atom stereocenters. The number of methoxy groups -OCH3 is 2. The molecule has 2 rings (SSSR count). The quantitative estimate of drug-likeness (QED) is 0.823. The van der Waals surface area contributed by atoms with Gasteiger partial charge < -0.3 is 25.0 Å². The van der Waals surface area contributed by atoms with Crippen LogP contribution < -0.4 is 20.1 Å². The van der Waals surface area contributed by atoms with Gasteiger partial charge in [-0.15, -0.1) is 0 Å². The van der Waals surface area contributed by atoms with Crippen LogP contribution in [0.3, 0.4) is 0 Å². The molecule has 2 N–H and O–H groups in total. The first-order valence-electron chi connectivity index (χ1n) is 7.64. The number of rotatable bonds is 6. The van der Waals surface area contributed by atoms with Crippen molar-refractivity contribution in [1.29, 1.82) is 0 Å². The Morgan fingerprint density at radius 3 is 2.22 bits per heavy atom. The Bertz CT molecular complexity index is 534. The average molecular weight is 321 g/mol. The van der Waals surface area contributed by atoms with Crippen LogP contribution in [-0.2, 0) is 11.3 Å². The molecule has 3 amide bonds. The van der Waals surface area contributed by atoms with Crippen LogP contribution in [0.25, 0.3) is 0 Å². The SMILES string of the molecule is COc1cc(CNC(=O)NCC(=O)N2CCCC2)cc(OC)c1. The van der Waals surface area contributed by atoms with Gasteiger partial charge in [-0.3, -0.25) is 4.79 Å². The number of ether oxygens (including phenoxy) is 2. The maximum atomic E-state index is 11.8. The smallest absolute Gasteiger partial charge is 0.315 e. The molecule has 1 aliphatic heterocycles. The first-order valence-corrected chi connectivity index (χ1v) is 7.64. The number of nitrogens with zero attached hydrogens (tertiary/aromatic N) is 1. The molecule has 23 heavy (non-hydrogen) atoms. The lowest BCUT2D eigenvalue weighted by Gasteiger charge is -2.15. The van der Waals surface area contributed by atoms with Gasteiger partial charge >= 0.3 is 6.03 Å². The number of amides is 3. The molecule has 1 saturated heterocycles. The number of carbonyl (C=O) groups excluding carboxylic acids is 2. The van der Waals surface area contributed by atoms with Crippen molar-refractivity contribution < 1.29 is 19.1 Å². The van der Waals surface area contributed by atoms with Crippen molar-refractivity contribution >= 4 is 11.9 Å². The van der Waals surface area contributed by atoms with Crippen molar-refractivity contribution in [3.8, 4) is 11.5 Å². The van der Waals surface area contributed by atoms with E-state index in [1.165, 1.54) is 0 Å². The molecule has 0 radical (unpaired) electrons. The summed E-state index contributed by atoms with van der Waals surface area (Å²) < 4.78 is 10.4. The van der Waals surface area contributed by atoms with E-state index in [4.69, 9.17) is 9.47 Å². The second-order valence-corrected chi connectivity index (χ2v) is 5.35. The average Bonchev–Trinajstić information content (AvgIpc) is 3.12. The van der Waals surface area contributed by atoms with Gasteiger partial charge in [-0.25, -0.2) is 4.79 Å². The highest BCUT2D eigenvalue weighted by atomic mass is 16.5. The third-order valence-corrected chi connectivity index (χ3v) is 3.72. The number of likely N-dealkylation sites (tertiary alicyclic amines) is 1. The number of urea groups is 1. The monoisotopic (exact) mass is 321 g/mol. The van der Waals surface area contributed by atoms with Crippen LogP contribution in [0.5, 0.6) is 11.5 Å². The zero-order valence-electron chi connectivity index (χ0n) is 13.6. The molecule has 1 fully saturated rings. The van der Waals surface area contributed by atoms with Crippen LogP contribution in [0.1, 0.15) is 18.4 Å². The van der Waals surface area contributed by atoms with Crippen LogP contribution in [0, 0.1) is 0 Å². The van der Waals surface area contributed by atoms with Gasteiger partial charge in [-0.1, -0.05) is 0 Å². The van der Waals surface area contributed by atoms with Crippen molar-refractivity contribution in [2.75, 3.05) is 33.9 Å². The molecule has 126 valence electrons.